The number of aromatic nitrogens is 1. The van der Waals surface area contributed by atoms with Crippen molar-refractivity contribution in [1.82, 2.24) is 4.98 Å². The van der Waals surface area contributed by atoms with E-state index in [1.165, 1.54) is 0 Å². The van der Waals surface area contributed by atoms with E-state index < -0.39 is 0 Å². The SMILES string of the molecule is COc1ccc(C=O)cc1OCc1ccccn1. The number of carbonyl (C=O) groups excluding carboxylic acids is 1. The highest BCUT2D eigenvalue weighted by molar-refractivity contribution is 5.76. The van der Waals surface area contributed by atoms with E-state index in [1.807, 2.05) is 18.2 Å². The Morgan fingerprint density at radius 3 is 2.78 bits per heavy atom. The number of aldehydes is 1. The molecule has 2 rings (SSSR count). The van der Waals surface area contributed by atoms with Crippen molar-refractivity contribution in [2.75, 3.05) is 7.11 Å². The van der Waals surface area contributed by atoms with Gasteiger partial charge in [-0.25, -0.2) is 0 Å². The highest BCUT2D eigenvalue weighted by Gasteiger charge is 2.06. The second kappa shape index (κ2) is 5.82. The highest BCUT2D eigenvalue weighted by atomic mass is 16.5. The summed E-state index contributed by atoms with van der Waals surface area (Å²) >= 11 is 0. The van der Waals surface area contributed by atoms with Crippen LogP contribution in [-0.4, -0.2) is 18.4 Å². The van der Waals surface area contributed by atoms with Gasteiger partial charge in [0.25, 0.3) is 0 Å². The Bertz CT molecular complexity index is 526. The Morgan fingerprint density at radius 1 is 1.22 bits per heavy atom. The first-order valence-corrected chi connectivity index (χ1v) is 5.49. The molecule has 0 saturated carbocycles. The van der Waals surface area contributed by atoms with Gasteiger partial charge in [-0.05, 0) is 30.3 Å². The average molecular weight is 243 g/mol. The number of nitrogens with zero attached hydrogens (tertiary/aromatic N) is 1. The molecule has 0 aliphatic heterocycles. The minimum atomic E-state index is 0.333. The molecule has 18 heavy (non-hydrogen) atoms. The fourth-order valence-electron chi connectivity index (χ4n) is 1.51. The van der Waals surface area contributed by atoms with E-state index in [9.17, 15) is 4.79 Å². The van der Waals surface area contributed by atoms with Gasteiger partial charge in [0.05, 0.1) is 12.8 Å². The molecule has 0 radical (unpaired) electrons. The molecule has 1 aromatic heterocycles. The van der Waals surface area contributed by atoms with Gasteiger partial charge in [0.1, 0.15) is 12.9 Å². The minimum Gasteiger partial charge on any atom is -0.493 e. The van der Waals surface area contributed by atoms with E-state index in [4.69, 9.17) is 9.47 Å². The molecule has 0 N–H and O–H groups in total. The van der Waals surface area contributed by atoms with Crippen molar-refractivity contribution in [2.45, 2.75) is 6.61 Å². The summed E-state index contributed by atoms with van der Waals surface area (Å²) in [5.74, 6) is 1.13. The molecule has 1 aromatic carbocycles. The molecule has 0 aliphatic carbocycles. The summed E-state index contributed by atoms with van der Waals surface area (Å²) in [5.41, 5.74) is 1.36. The van der Waals surface area contributed by atoms with Gasteiger partial charge < -0.3 is 9.47 Å². The van der Waals surface area contributed by atoms with Crippen LogP contribution in [-0.2, 0) is 6.61 Å². The Kier molecular flexibility index (Phi) is 3.91. The van der Waals surface area contributed by atoms with Gasteiger partial charge in [-0.1, -0.05) is 6.07 Å². The maximum Gasteiger partial charge on any atom is 0.162 e. The van der Waals surface area contributed by atoms with Crippen LogP contribution in [0.5, 0.6) is 11.5 Å². The van der Waals surface area contributed by atoms with E-state index in [1.54, 1.807) is 31.5 Å². The van der Waals surface area contributed by atoms with E-state index in [-0.39, 0.29) is 0 Å². The van der Waals surface area contributed by atoms with Gasteiger partial charge in [-0.3, -0.25) is 9.78 Å². The topological polar surface area (TPSA) is 48.4 Å². The van der Waals surface area contributed by atoms with E-state index in [0.717, 1.165) is 12.0 Å². The highest BCUT2D eigenvalue weighted by Crippen LogP contribution is 2.28. The maximum atomic E-state index is 10.7. The molecule has 1 heterocycles. The van der Waals surface area contributed by atoms with Crippen LogP contribution < -0.4 is 9.47 Å². The lowest BCUT2D eigenvalue weighted by atomic mass is 10.2. The second-order valence-corrected chi connectivity index (χ2v) is 3.64. The molecule has 0 spiro atoms. The van der Waals surface area contributed by atoms with Crippen LogP contribution in [0.15, 0.2) is 42.6 Å². The van der Waals surface area contributed by atoms with Gasteiger partial charge in [-0.15, -0.1) is 0 Å². The minimum absolute atomic E-state index is 0.333. The van der Waals surface area contributed by atoms with E-state index >= 15 is 0 Å². The largest absolute Gasteiger partial charge is 0.493 e. The number of hydrogen-bond donors (Lipinski definition) is 0. The number of benzene rings is 1. The first kappa shape index (κ1) is 12.1. The van der Waals surface area contributed by atoms with Crippen LogP contribution in [0.4, 0.5) is 0 Å². The number of rotatable bonds is 5. The van der Waals surface area contributed by atoms with Crippen LogP contribution in [0, 0.1) is 0 Å². The Hall–Kier alpha value is -2.36. The lowest BCUT2D eigenvalue weighted by molar-refractivity contribution is 0.112. The molecule has 4 nitrogen and oxygen atoms in total. The molecule has 0 atom stereocenters. The summed E-state index contributed by atoms with van der Waals surface area (Å²) in [7, 11) is 1.56. The van der Waals surface area contributed by atoms with Gasteiger partial charge in [0, 0.05) is 11.8 Å². The molecule has 2 aromatic rings. The van der Waals surface area contributed by atoms with E-state index in [0.29, 0.717) is 23.7 Å². The zero-order valence-electron chi connectivity index (χ0n) is 10.00. The smallest absolute Gasteiger partial charge is 0.162 e. The third-order valence-corrected chi connectivity index (χ3v) is 2.43. The predicted octanol–water partition coefficient (Wildman–Crippen LogP) is 2.48. The van der Waals surface area contributed by atoms with Crippen molar-refractivity contribution < 1.29 is 14.3 Å². The number of carbonyl (C=O) groups is 1. The van der Waals surface area contributed by atoms with Crippen LogP contribution in [0.1, 0.15) is 16.1 Å². The summed E-state index contributed by atoms with van der Waals surface area (Å²) in [6.45, 7) is 0.333. The third-order valence-electron chi connectivity index (χ3n) is 2.43. The van der Waals surface area contributed by atoms with Gasteiger partial charge >= 0.3 is 0 Å². The van der Waals surface area contributed by atoms with Crippen molar-refractivity contribution in [3.63, 3.8) is 0 Å². The Labute approximate surface area is 105 Å². The van der Waals surface area contributed by atoms with Crippen molar-refractivity contribution in [3.8, 4) is 11.5 Å². The average Bonchev–Trinajstić information content (AvgIpc) is 2.45. The van der Waals surface area contributed by atoms with Crippen LogP contribution in [0.3, 0.4) is 0 Å². The van der Waals surface area contributed by atoms with Crippen molar-refractivity contribution in [2.24, 2.45) is 0 Å². The standard InChI is InChI=1S/C14H13NO3/c1-17-13-6-5-11(9-16)8-14(13)18-10-12-4-2-3-7-15-12/h2-9H,10H2,1H3. The quantitative estimate of drug-likeness (QED) is 0.757. The molecule has 4 heteroatoms. The fraction of sp³-hybridized carbons (Fsp3) is 0.143. The second-order valence-electron chi connectivity index (χ2n) is 3.64. The number of pyridine rings is 1. The van der Waals surface area contributed by atoms with Gasteiger partial charge in [-0.2, -0.15) is 0 Å². The lowest BCUT2D eigenvalue weighted by Crippen LogP contribution is -2.00. The molecule has 0 saturated heterocycles. The molecule has 0 aliphatic rings. The van der Waals surface area contributed by atoms with Crippen LogP contribution in [0.25, 0.3) is 0 Å². The zero-order chi connectivity index (χ0) is 12.8. The van der Waals surface area contributed by atoms with Crippen molar-refractivity contribution in [3.05, 3.63) is 53.9 Å². The molecule has 0 unspecified atom stereocenters. The molecule has 0 amide bonds. The predicted molar refractivity (Wildman–Crippen MR) is 67.0 cm³/mol. The molecule has 0 bridgehead atoms. The molecule has 0 fully saturated rings. The molecular weight excluding hydrogens is 230 g/mol. The summed E-state index contributed by atoms with van der Waals surface area (Å²) in [4.78, 5) is 14.9. The Balaban J connectivity index is 2.15. The lowest BCUT2D eigenvalue weighted by Gasteiger charge is -2.10. The number of ether oxygens (including phenoxy) is 2. The van der Waals surface area contributed by atoms with Crippen molar-refractivity contribution in [1.29, 1.82) is 0 Å². The van der Waals surface area contributed by atoms with Gasteiger partial charge in [0.2, 0.25) is 0 Å². The van der Waals surface area contributed by atoms with Crippen LogP contribution >= 0.6 is 0 Å². The summed E-state index contributed by atoms with van der Waals surface area (Å²) < 4.78 is 10.8. The van der Waals surface area contributed by atoms with Crippen molar-refractivity contribution >= 4 is 6.29 Å². The Morgan fingerprint density at radius 2 is 2.11 bits per heavy atom. The maximum absolute atomic E-state index is 10.7. The molecule has 92 valence electrons. The van der Waals surface area contributed by atoms with E-state index in [2.05, 4.69) is 4.98 Å². The fourth-order valence-corrected chi connectivity index (χ4v) is 1.51. The van der Waals surface area contributed by atoms with Crippen LogP contribution in [0.2, 0.25) is 0 Å². The van der Waals surface area contributed by atoms with Gasteiger partial charge in [0.15, 0.2) is 11.5 Å². The molecular formula is C14H13NO3. The number of methoxy groups -OCH3 is 1. The number of hydrogen-bond acceptors (Lipinski definition) is 4. The zero-order valence-corrected chi connectivity index (χ0v) is 10.00. The summed E-state index contributed by atoms with van der Waals surface area (Å²) in [6.07, 6.45) is 2.48. The first-order chi connectivity index (χ1) is 8.83. The monoisotopic (exact) mass is 243 g/mol. The summed E-state index contributed by atoms with van der Waals surface area (Å²) in [5, 5.41) is 0. The summed E-state index contributed by atoms with van der Waals surface area (Å²) in [6, 6.07) is 10.6. The normalized spacial score (nSPS) is 9.83. The third kappa shape index (κ3) is 2.85. The first-order valence-electron chi connectivity index (χ1n) is 5.49.